The van der Waals surface area contributed by atoms with Crippen molar-refractivity contribution in [1.82, 2.24) is 9.97 Å². The fourth-order valence-corrected chi connectivity index (χ4v) is 5.77. The molecule has 0 unspecified atom stereocenters. The average Bonchev–Trinajstić information content (AvgIpc) is 3.06. The maximum Gasteiger partial charge on any atom is 0.416 e. The first-order valence-corrected chi connectivity index (χ1v) is 16.7. The van der Waals surface area contributed by atoms with Gasteiger partial charge in [-0.1, -0.05) is 0 Å². The van der Waals surface area contributed by atoms with Gasteiger partial charge in [0.2, 0.25) is 5.91 Å². The van der Waals surface area contributed by atoms with Gasteiger partial charge in [-0.15, -0.1) is 23.5 Å². The number of carbonyl (C=O) groups excluding carboxylic acids is 3. The van der Waals surface area contributed by atoms with Gasteiger partial charge in [0.1, 0.15) is 17.7 Å². The Morgan fingerprint density at radius 1 is 0.760 bits per heavy atom. The molecule has 0 saturated carbocycles. The topological polar surface area (TPSA) is 203 Å². The molecule has 50 heavy (non-hydrogen) atoms. The van der Waals surface area contributed by atoms with Crippen LogP contribution in [0.4, 0.5) is 43.4 Å². The van der Waals surface area contributed by atoms with E-state index in [-0.39, 0.29) is 47.2 Å². The highest BCUT2D eigenvalue weighted by atomic mass is 32.2. The number of thioether (sulfide) groups is 2. The number of aromatic nitrogens is 2. The van der Waals surface area contributed by atoms with Gasteiger partial charge in [0.25, 0.3) is 11.8 Å². The number of anilines is 3. The second-order valence-corrected chi connectivity index (χ2v) is 12.4. The molecule has 3 aromatic rings. The summed E-state index contributed by atoms with van der Waals surface area (Å²) in [5, 5.41) is 7.20. The molecule has 9 N–H and O–H groups in total. The number of carbonyl (C=O) groups is 3. The Morgan fingerprint density at radius 2 is 1.32 bits per heavy atom. The highest BCUT2D eigenvalue weighted by Crippen LogP contribution is 2.41. The normalized spacial score (nSPS) is 11.8. The monoisotopic (exact) mass is 745 g/mol. The van der Waals surface area contributed by atoms with E-state index in [0.717, 1.165) is 60.5 Å². The number of nitrogens with zero attached hydrogens (tertiary/aromatic N) is 3. The Balaban J connectivity index is 1.92. The van der Waals surface area contributed by atoms with E-state index in [0.29, 0.717) is 36.1 Å². The van der Waals surface area contributed by atoms with Crippen LogP contribution >= 0.6 is 23.5 Å². The third-order valence-corrected chi connectivity index (χ3v) is 8.69. The molecule has 1 heterocycles. The number of alkyl halides is 6. The fourth-order valence-electron chi connectivity index (χ4n) is 4.15. The first-order valence-electron chi connectivity index (χ1n) is 14.7. The first-order chi connectivity index (χ1) is 23.7. The van der Waals surface area contributed by atoms with Crippen molar-refractivity contribution in [3.8, 4) is 0 Å². The van der Waals surface area contributed by atoms with E-state index in [1.54, 1.807) is 0 Å². The predicted molar refractivity (Wildman–Crippen MR) is 180 cm³/mol. The van der Waals surface area contributed by atoms with Gasteiger partial charge < -0.3 is 33.2 Å². The van der Waals surface area contributed by atoms with E-state index in [1.165, 1.54) is 6.07 Å². The summed E-state index contributed by atoms with van der Waals surface area (Å²) >= 11 is 2.09. The van der Waals surface area contributed by atoms with Crippen LogP contribution in [-0.2, 0) is 17.1 Å². The first kappa shape index (κ1) is 40.0. The number of benzene rings is 2. The van der Waals surface area contributed by atoms with E-state index < -0.39 is 52.6 Å². The maximum atomic E-state index is 13.9. The Bertz CT molecular complexity index is 1690. The van der Waals surface area contributed by atoms with Gasteiger partial charge in [-0.3, -0.25) is 19.4 Å². The zero-order chi connectivity index (χ0) is 36.9. The Kier molecular flexibility index (Phi) is 14.9. The summed E-state index contributed by atoms with van der Waals surface area (Å²) in [4.78, 5) is 50.9. The molecule has 2 aromatic carbocycles. The summed E-state index contributed by atoms with van der Waals surface area (Å²) in [6.45, 7) is 0.686. The SMILES string of the molecule is NC=NCCCCC(=O)Nc1cc(C(F)(F)F)cc(NC(=O)c2cc(C(=O)Nc3cc(C(F)(F)F)ccc3SCCN)ncn2)c1SCCN. The number of nitrogens with two attached hydrogens (primary N) is 3. The molecule has 20 heteroatoms. The molecule has 0 radical (unpaired) electrons. The maximum absolute atomic E-state index is 13.9. The van der Waals surface area contributed by atoms with Crippen molar-refractivity contribution >= 4 is 64.6 Å². The van der Waals surface area contributed by atoms with Crippen molar-refractivity contribution in [2.45, 2.75) is 41.4 Å². The molecule has 12 nitrogen and oxygen atoms in total. The summed E-state index contributed by atoms with van der Waals surface area (Å²) in [5.74, 6) is -2.08. The van der Waals surface area contributed by atoms with Gasteiger partial charge in [-0.25, -0.2) is 9.97 Å². The molecule has 0 bridgehead atoms. The summed E-state index contributed by atoms with van der Waals surface area (Å²) in [6.07, 6.45) is -6.77. The van der Waals surface area contributed by atoms with Crippen LogP contribution in [0.1, 0.15) is 51.4 Å². The van der Waals surface area contributed by atoms with Crippen molar-refractivity contribution in [2.24, 2.45) is 22.2 Å². The van der Waals surface area contributed by atoms with Crippen LogP contribution in [0, 0.1) is 0 Å². The molecule has 0 spiro atoms. The largest absolute Gasteiger partial charge is 0.416 e. The average molecular weight is 746 g/mol. The minimum Gasteiger partial charge on any atom is -0.390 e. The Hall–Kier alpha value is -4.40. The smallest absolute Gasteiger partial charge is 0.390 e. The molecule has 3 rings (SSSR count). The van der Waals surface area contributed by atoms with Crippen LogP contribution in [0.3, 0.4) is 0 Å². The van der Waals surface area contributed by atoms with E-state index in [9.17, 15) is 40.7 Å². The molecule has 270 valence electrons. The molecule has 0 saturated heterocycles. The number of hydrogen-bond acceptors (Lipinski definition) is 10. The van der Waals surface area contributed by atoms with Crippen LogP contribution in [0.2, 0.25) is 0 Å². The summed E-state index contributed by atoms with van der Waals surface area (Å²) in [5.41, 5.74) is 12.5. The number of amides is 3. The fraction of sp³-hybridized carbons (Fsp3) is 0.333. The number of halogens is 6. The van der Waals surface area contributed by atoms with Crippen molar-refractivity contribution in [2.75, 3.05) is 47.1 Å². The van der Waals surface area contributed by atoms with E-state index in [2.05, 4.69) is 30.9 Å². The highest BCUT2D eigenvalue weighted by Gasteiger charge is 2.34. The van der Waals surface area contributed by atoms with E-state index in [4.69, 9.17) is 17.2 Å². The lowest BCUT2D eigenvalue weighted by Crippen LogP contribution is -2.20. The summed E-state index contributed by atoms with van der Waals surface area (Å²) in [7, 11) is 0. The van der Waals surface area contributed by atoms with E-state index in [1.807, 2.05) is 0 Å². The lowest BCUT2D eigenvalue weighted by molar-refractivity contribution is -0.138. The van der Waals surface area contributed by atoms with Gasteiger partial charge in [0.05, 0.1) is 39.4 Å². The minimum absolute atomic E-state index is 0.0293. The van der Waals surface area contributed by atoms with Crippen LogP contribution in [0.25, 0.3) is 0 Å². The second-order valence-electron chi connectivity index (χ2n) is 10.1. The van der Waals surface area contributed by atoms with Crippen molar-refractivity contribution in [3.63, 3.8) is 0 Å². The molecular weight excluding hydrogens is 713 g/mol. The quantitative estimate of drug-likeness (QED) is 0.0371. The molecule has 0 aliphatic rings. The third-order valence-electron chi connectivity index (χ3n) is 6.41. The number of rotatable bonds is 16. The predicted octanol–water partition coefficient (Wildman–Crippen LogP) is 5.22. The molecule has 0 fully saturated rings. The van der Waals surface area contributed by atoms with Gasteiger partial charge in [0, 0.05) is 48.5 Å². The number of hydrogen-bond donors (Lipinski definition) is 6. The van der Waals surface area contributed by atoms with Crippen LogP contribution < -0.4 is 33.2 Å². The Labute approximate surface area is 290 Å². The van der Waals surface area contributed by atoms with Crippen molar-refractivity contribution < 1.29 is 40.7 Å². The molecule has 0 aliphatic heterocycles. The standard InChI is InChI=1S/C30H33F6N9O3S2/c31-29(32,33)17-4-5-24(49-9-6-37)19(11-17)44-27(47)22-14-23(42-16-41-22)28(48)45-21-13-18(30(34,35)36)12-20(26(21)50-10-7-38)43-25(46)3-1-2-8-40-15-39/h4-5,11-16H,1-3,6-10,37-38H2,(H2,39,40)(H,43,46)(H,44,47)(H,45,48). The van der Waals surface area contributed by atoms with Crippen LogP contribution in [0.5, 0.6) is 0 Å². The molecule has 0 aliphatic carbocycles. The van der Waals surface area contributed by atoms with Crippen LogP contribution in [-0.4, -0.2) is 65.2 Å². The summed E-state index contributed by atoms with van der Waals surface area (Å²) < 4.78 is 82.0. The van der Waals surface area contributed by atoms with Gasteiger partial charge >= 0.3 is 12.4 Å². The minimum atomic E-state index is -4.87. The lowest BCUT2D eigenvalue weighted by Gasteiger charge is -2.19. The molecule has 0 atom stereocenters. The Morgan fingerprint density at radius 3 is 1.90 bits per heavy atom. The van der Waals surface area contributed by atoms with Gasteiger partial charge in [-0.2, -0.15) is 26.3 Å². The number of aliphatic imine (C=N–C) groups is 1. The zero-order valence-corrected chi connectivity index (χ0v) is 27.8. The molecule has 1 aromatic heterocycles. The van der Waals surface area contributed by atoms with Crippen molar-refractivity contribution in [1.29, 1.82) is 0 Å². The van der Waals surface area contributed by atoms with Crippen LogP contribution in [0.15, 0.2) is 57.5 Å². The van der Waals surface area contributed by atoms with E-state index >= 15 is 0 Å². The lowest BCUT2D eigenvalue weighted by atomic mass is 10.1. The second kappa shape index (κ2) is 18.6. The molecule has 3 amide bonds. The highest BCUT2D eigenvalue weighted by molar-refractivity contribution is 7.99. The zero-order valence-electron chi connectivity index (χ0n) is 26.2. The number of nitrogens with one attached hydrogen (secondary N) is 3. The van der Waals surface area contributed by atoms with Gasteiger partial charge in [-0.05, 0) is 43.2 Å². The third kappa shape index (κ3) is 11.9. The van der Waals surface area contributed by atoms with Crippen molar-refractivity contribution in [3.05, 3.63) is 65.2 Å². The molecular formula is C30H33F6N9O3S2. The number of unbranched alkanes of at least 4 members (excludes halogenated alkanes) is 1. The van der Waals surface area contributed by atoms with Gasteiger partial charge in [0.15, 0.2) is 0 Å². The summed E-state index contributed by atoms with van der Waals surface area (Å²) in [6, 6.07) is 5.12.